The molecule has 0 atom stereocenters. The maximum absolute atomic E-state index is 13.6. The van der Waals surface area contributed by atoms with Crippen molar-refractivity contribution in [2.24, 2.45) is 0 Å². The van der Waals surface area contributed by atoms with Crippen LogP contribution in [0.3, 0.4) is 0 Å². The fraction of sp³-hybridized carbons (Fsp3) is 0.417. The maximum Gasteiger partial charge on any atom is 0.232 e. The largest absolute Gasteiger partial charge is 0.341 e. The summed E-state index contributed by atoms with van der Waals surface area (Å²) in [4.78, 5) is 13.3. The number of benzene rings is 1. The van der Waals surface area contributed by atoms with Gasteiger partial charge >= 0.3 is 0 Å². The zero-order valence-corrected chi connectivity index (χ0v) is 13.0. The number of nitrogens with zero attached hydrogens (tertiary/aromatic N) is 1. The van der Waals surface area contributed by atoms with Crippen LogP contribution in [0.1, 0.15) is 29.8 Å². The van der Waals surface area contributed by atoms with Crippen LogP contribution in [0.4, 0.5) is 8.78 Å². The van der Waals surface area contributed by atoms with Crippen molar-refractivity contribution in [3.63, 3.8) is 0 Å². The van der Waals surface area contributed by atoms with E-state index in [0.717, 1.165) is 6.07 Å². The Hall–Kier alpha value is -0.346. The van der Waals surface area contributed by atoms with Gasteiger partial charge in [0.1, 0.15) is 0 Å². The van der Waals surface area contributed by atoms with Gasteiger partial charge in [-0.1, -0.05) is 6.92 Å². The first-order chi connectivity index (χ1) is 7.51. The molecule has 1 rings (SSSR count). The Balaban J connectivity index is 0.00000256. The smallest absolute Gasteiger partial charge is 0.232 e. The number of aryl methyl sites for hydroxylation is 1. The molecule has 0 bridgehead atoms. The third-order valence-corrected chi connectivity index (χ3v) is 2.42. The Bertz CT molecular complexity index is 406. The molecule has 0 saturated carbocycles. The van der Waals surface area contributed by atoms with Crippen molar-refractivity contribution < 1.29 is 46.3 Å². The molecule has 1 amide bonds. The van der Waals surface area contributed by atoms with Gasteiger partial charge in [-0.15, -0.1) is 17.7 Å². The van der Waals surface area contributed by atoms with Crippen LogP contribution in [-0.2, 0) is 32.7 Å². The minimum absolute atomic E-state index is 0. The van der Waals surface area contributed by atoms with Crippen LogP contribution in [-0.4, -0.2) is 23.9 Å². The van der Waals surface area contributed by atoms with Crippen molar-refractivity contribution in [3.05, 3.63) is 34.9 Å². The Kier molecular flexibility index (Phi) is 7.02. The van der Waals surface area contributed by atoms with Gasteiger partial charge in [-0.2, -0.15) is 0 Å². The molecule has 0 aromatic heterocycles. The fourth-order valence-electron chi connectivity index (χ4n) is 1.50. The first-order valence-electron chi connectivity index (χ1n) is 5.18. The van der Waals surface area contributed by atoms with E-state index in [9.17, 15) is 13.6 Å². The molecule has 1 aromatic carbocycles. The van der Waals surface area contributed by atoms with Crippen LogP contribution in [0.2, 0.25) is 0 Å². The second kappa shape index (κ2) is 7.17. The molecule has 0 aliphatic carbocycles. The topological polar surface area (TPSA) is 20.3 Å². The molecule has 91 valence electrons. The number of hydrogen-bond acceptors (Lipinski definition) is 1. The van der Waals surface area contributed by atoms with E-state index in [1.807, 2.05) is 0 Å². The summed E-state index contributed by atoms with van der Waals surface area (Å²) in [5.41, 5.74) is -0.201. The molecule has 0 N–H and O–H groups in total. The molecule has 0 aliphatic rings. The first kappa shape index (κ1) is 16.7. The van der Waals surface area contributed by atoms with Crippen molar-refractivity contribution in [1.82, 2.24) is 4.90 Å². The Morgan fingerprint density at radius 3 is 2.35 bits per heavy atom. The summed E-state index contributed by atoms with van der Waals surface area (Å²) >= 11 is 0. The molecule has 17 heavy (non-hydrogen) atoms. The van der Waals surface area contributed by atoms with Crippen LogP contribution >= 0.6 is 0 Å². The van der Waals surface area contributed by atoms with Crippen LogP contribution < -0.4 is 0 Å². The number of rotatable bonds is 3. The summed E-state index contributed by atoms with van der Waals surface area (Å²) in [6.07, 6.45) is 0. The third kappa shape index (κ3) is 3.82. The Morgan fingerprint density at radius 1 is 1.35 bits per heavy atom. The molecular weight excluding hydrogens is 301 g/mol. The van der Waals surface area contributed by atoms with E-state index < -0.39 is 17.5 Å². The third-order valence-electron chi connectivity index (χ3n) is 2.42. The van der Waals surface area contributed by atoms with E-state index in [1.54, 1.807) is 13.8 Å². The minimum atomic E-state index is -0.714. The SMILES string of the molecule is CCN(CC)C(=O)c1cc(F)[c-]c(C)c1F.[Y]. The van der Waals surface area contributed by atoms with Crippen molar-refractivity contribution in [2.75, 3.05) is 13.1 Å². The van der Waals surface area contributed by atoms with Crippen molar-refractivity contribution >= 4 is 5.91 Å². The van der Waals surface area contributed by atoms with E-state index >= 15 is 0 Å². The molecule has 1 aromatic rings. The molecule has 2 nitrogen and oxygen atoms in total. The predicted octanol–water partition coefficient (Wildman–Crippen LogP) is 2.55. The molecule has 0 heterocycles. The number of halogens is 2. The number of hydrogen-bond donors (Lipinski definition) is 0. The summed E-state index contributed by atoms with van der Waals surface area (Å²) in [6, 6.07) is 3.09. The van der Waals surface area contributed by atoms with E-state index in [-0.39, 0.29) is 43.8 Å². The monoisotopic (exact) mass is 315 g/mol. The Morgan fingerprint density at radius 2 is 1.88 bits per heavy atom. The van der Waals surface area contributed by atoms with Crippen LogP contribution in [0.15, 0.2) is 6.07 Å². The standard InChI is InChI=1S/C12H14F2NO.Y/c1-4-15(5-2)12(16)10-7-9(13)6-8(3)11(10)14;/h7H,4-5H2,1-3H3;/q-1;. The number of carbonyl (C=O) groups is 1. The summed E-state index contributed by atoms with van der Waals surface area (Å²) < 4.78 is 26.7. The normalized spacial score (nSPS) is 9.71. The van der Waals surface area contributed by atoms with Crippen molar-refractivity contribution in [3.8, 4) is 0 Å². The fourth-order valence-corrected chi connectivity index (χ4v) is 1.50. The van der Waals surface area contributed by atoms with Gasteiger partial charge in [0, 0.05) is 57.4 Å². The van der Waals surface area contributed by atoms with Gasteiger partial charge in [0.2, 0.25) is 5.91 Å². The van der Waals surface area contributed by atoms with E-state index in [2.05, 4.69) is 6.07 Å². The molecule has 1 radical (unpaired) electrons. The van der Waals surface area contributed by atoms with E-state index in [4.69, 9.17) is 0 Å². The zero-order valence-electron chi connectivity index (χ0n) is 10.2. The molecule has 0 fully saturated rings. The van der Waals surface area contributed by atoms with Gasteiger partial charge < -0.3 is 4.90 Å². The summed E-state index contributed by atoms with van der Waals surface area (Å²) in [7, 11) is 0. The quantitative estimate of drug-likeness (QED) is 0.785. The summed E-state index contributed by atoms with van der Waals surface area (Å²) in [6.45, 7) is 5.90. The van der Waals surface area contributed by atoms with E-state index in [1.165, 1.54) is 11.8 Å². The molecule has 0 unspecified atom stereocenters. The van der Waals surface area contributed by atoms with Crippen molar-refractivity contribution in [1.29, 1.82) is 0 Å². The van der Waals surface area contributed by atoms with E-state index in [0.29, 0.717) is 13.1 Å². The molecular formula is C12H14F2NOY-. The Labute approximate surface area is 125 Å². The molecule has 0 spiro atoms. The van der Waals surface area contributed by atoms with Gasteiger partial charge in [-0.05, 0) is 19.4 Å². The summed E-state index contributed by atoms with van der Waals surface area (Å²) in [5.74, 6) is -1.90. The predicted molar refractivity (Wildman–Crippen MR) is 57.2 cm³/mol. The molecule has 5 heteroatoms. The molecule has 0 saturated heterocycles. The zero-order chi connectivity index (χ0) is 12.3. The van der Waals surface area contributed by atoms with Crippen LogP contribution in [0, 0.1) is 24.6 Å². The van der Waals surface area contributed by atoms with Gasteiger partial charge in [0.15, 0.2) is 0 Å². The van der Waals surface area contributed by atoms with Gasteiger partial charge in [0.25, 0.3) is 0 Å². The summed E-state index contributed by atoms with van der Waals surface area (Å²) in [5, 5.41) is 0. The van der Waals surface area contributed by atoms with Crippen molar-refractivity contribution in [2.45, 2.75) is 20.8 Å². The van der Waals surface area contributed by atoms with Gasteiger partial charge in [-0.3, -0.25) is 9.18 Å². The average molecular weight is 315 g/mol. The van der Waals surface area contributed by atoms with Crippen LogP contribution in [0.25, 0.3) is 0 Å². The second-order valence-corrected chi connectivity index (χ2v) is 3.45. The van der Waals surface area contributed by atoms with Gasteiger partial charge in [0.05, 0.1) is 0 Å². The van der Waals surface area contributed by atoms with Crippen LogP contribution in [0.5, 0.6) is 0 Å². The minimum Gasteiger partial charge on any atom is -0.341 e. The maximum atomic E-state index is 13.6. The molecule has 0 aliphatic heterocycles. The van der Waals surface area contributed by atoms with Gasteiger partial charge in [-0.25, -0.2) is 4.39 Å². The average Bonchev–Trinajstić information content (AvgIpc) is 2.24. The second-order valence-electron chi connectivity index (χ2n) is 3.45. The first-order valence-corrected chi connectivity index (χ1v) is 5.18. The number of amides is 1. The number of carbonyl (C=O) groups excluding carboxylic acids is 1.